The number of ether oxygens (including phenoxy) is 2. The maximum Gasteiger partial charge on any atom is 0.124 e. The van der Waals surface area contributed by atoms with Crippen LogP contribution >= 0.6 is 0 Å². The van der Waals surface area contributed by atoms with Gasteiger partial charge in [0.25, 0.3) is 0 Å². The Bertz CT molecular complexity index is 342. The number of benzene rings is 1. The Morgan fingerprint density at radius 2 is 2.00 bits per heavy atom. The van der Waals surface area contributed by atoms with Crippen LogP contribution in [0.3, 0.4) is 0 Å². The fraction of sp³-hybridized carbons (Fsp3) is 0.538. The molecule has 0 aliphatic rings. The van der Waals surface area contributed by atoms with Gasteiger partial charge in [0.05, 0.1) is 13.2 Å². The largest absolute Gasteiger partial charge is 0.494 e. The van der Waals surface area contributed by atoms with Crippen LogP contribution in [0.5, 0.6) is 5.75 Å². The van der Waals surface area contributed by atoms with Crippen LogP contribution in [0.1, 0.15) is 31.0 Å². The first-order valence-corrected chi connectivity index (χ1v) is 6.01. The predicted octanol–water partition coefficient (Wildman–Crippen LogP) is 1.58. The first kappa shape index (κ1) is 14.0. The Hall–Kier alpha value is -1.10. The Morgan fingerprint density at radius 1 is 1.24 bits per heavy atom. The van der Waals surface area contributed by atoms with E-state index in [1.165, 1.54) is 0 Å². The molecule has 1 aromatic carbocycles. The Labute approximate surface area is 103 Å². The van der Waals surface area contributed by atoms with Gasteiger partial charge in [-0.2, -0.15) is 0 Å². The average molecular weight is 238 g/mol. The lowest BCUT2D eigenvalue weighted by atomic mass is 10.0. The number of hydrogen-bond acceptors (Lipinski definition) is 4. The fourth-order valence-corrected chi connectivity index (χ4v) is 1.61. The third-order valence-electron chi connectivity index (χ3n) is 2.50. The maximum atomic E-state index is 5.98. The molecule has 17 heavy (non-hydrogen) atoms. The second-order valence-corrected chi connectivity index (χ2v) is 3.78. The van der Waals surface area contributed by atoms with Gasteiger partial charge in [0.15, 0.2) is 0 Å². The van der Waals surface area contributed by atoms with Gasteiger partial charge in [-0.05, 0) is 31.5 Å². The molecule has 4 N–H and O–H groups in total. The van der Waals surface area contributed by atoms with E-state index in [9.17, 15) is 0 Å². The molecule has 0 fully saturated rings. The first-order chi connectivity index (χ1) is 8.22. The topological polar surface area (TPSA) is 70.5 Å². The van der Waals surface area contributed by atoms with E-state index in [-0.39, 0.29) is 6.04 Å². The van der Waals surface area contributed by atoms with Gasteiger partial charge in [-0.25, -0.2) is 0 Å². The molecular weight excluding hydrogens is 216 g/mol. The molecule has 1 atom stereocenters. The second-order valence-electron chi connectivity index (χ2n) is 3.78. The highest BCUT2D eigenvalue weighted by Crippen LogP contribution is 2.25. The molecule has 0 bridgehead atoms. The molecule has 1 unspecified atom stereocenters. The average Bonchev–Trinajstić information content (AvgIpc) is 2.37. The van der Waals surface area contributed by atoms with Crippen LogP contribution in [0, 0.1) is 0 Å². The highest BCUT2D eigenvalue weighted by atomic mass is 16.5. The molecule has 1 aromatic rings. The van der Waals surface area contributed by atoms with Gasteiger partial charge in [-0.1, -0.05) is 6.07 Å². The zero-order valence-corrected chi connectivity index (χ0v) is 10.6. The van der Waals surface area contributed by atoms with Crippen molar-refractivity contribution in [2.45, 2.75) is 26.5 Å². The van der Waals surface area contributed by atoms with Gasteiger partial charge in [0.2, 0.25) is 0 Å². The van der Waals surface area contributed by atoms with E-state index in [0.29, 0.717) is 26.4 Å². The van der Waals surface area contributed by atoms with Crippen LogP contribution in [-0.2, 0) is 11.3 Å². The Morgan fingerprint density at radius 3 is 2.59 bits per heavy atom. The van der Waals surface area contributed by atoms with Crippen LogP contribution in [0.2, 0.25) is 0 Å². The van der Waals surface area contributed by atoms with Gasteiger partial charge in [0.1, 0.15) is 5.75 Å². The predicted molar refractivity (Wildman–Crippen MR) is 68.9 cm³/mol. The molecule has 0 saturated heterocycles. The van der Waals surface area contributed by atoms with Gasteiger partial charge < -0.3 is 20.9 Å². The molecule has 0 radical (unpaired) electrons. The molecule has 0 aliphatic carbocycles. The van der Waals surface area contributed by atoms with Crippen LogP contribution in [0.15, 0.2) is 18.2 Å². The third kappa shape index (κ3) is 4.00. The van der Waals surface area contributed by atoms with E-state index in [2.05, 4.69) is 0 Å². The van der Waals surface area contributed by atoms with E-state index in [1.54, 1.807) is 0 Å². The minimum atomic E-state index is -0.196. The standard InChI is InChI=1S/C13H22N2O2/c1-3-16-9-10-5-6-13(17-4-2)11(7-10)12(15)8-14/h5-7,12H,3-4,8-9,14-15H2,1-2H3. The molecule has 0 heterocycles. The summed E-state index contributed by atoms with van der Waals surface area (Å²) >= 11 is 0. The SMILES string of the molecule is CCOCc1ccc(OCC)c(C(N)CN)c1. The molecule has 0 amide bonds. The fourth-order valence-electron chi connectivity index (χ4n) is 1.61. The molecule has 0 saturated carbocycles. The zero-order chi connectivity index (χ0) is 12.7. The van der Waals surface area contributed by atoms with E-state index in [0.717, 1.165) is 16.9 Å². The normalized spacial score (nSPS) is 12.5. The van der Waals surface area contributed by atoms with Crippen molar-refractivity contribution in [1.82, 2.24) is 0 Å². The third-order valence-corrected chi connectivity index (χ3v) is 2.50. The molecule has 1 rings (SSSR count). The molecular formula is C13H22N2O2. The summed E-state index contributed by atoms with van der Waals surface area (Å²) in [6.07, 6.45) is 0. The lowest BCUT2D eigenvalue weighted by Crippen LogP contribution is -2.21. The highest BCUT2D eigenvalue weighted by molar-refractivity contribution is 5.39. The lowest BCUT2D eigenvalue weighted by Gasteiger charge is -2.16. The van der Waals surface area contributed by atoms with Crippen LogP contribution in [0.25, 0.3) is 0 Å². The maximum absolute atomic E-state index is 5.98. The summed E-state index contributed by atoms with van der Waals surface area (Å²) in [4.78, 5) is 0. The van der Waals surface area contributed by atoms with E-state index >= 15 is 0 Å². The van der Waals surface area contributed by atoms with Crippen molar-refractivity contribution in [2.24, 2.45) is 11.5 Å². The van der Waals surface area contributed by atoms with Crippen molar-refractivity contribution in [3.8, 4) is 5.75 Å². The summed E-state index contributed by atoms with van der Waals surface area (Å²) < 4.78 is 10.9. The van der Waals surface area contributed by atoms with Gasteiger partial charge in [0, 0.05) is 24.8 Å². The monoisotopic (exact) mass is 238 g/mol. The van der Waals surface area contributed by atoms with Crippen LogP contribution < -0.4 is 16.2 Å². The molecule has 0 aliphatic heterocycles. The summed E-state index contributed by atoms with van der Waals surface area (Å²) in [7, 11) is 0. The van der Waals surface area contributed by atoms with Crippen molar-refractivity contribution in [3.05, 3.63) is 29.3 Å². The molecule has 4 nitrogen and oxygen atoms in total. The van der Waals surface area contributed by atoms with Gasteiger partial charge in [-0.15, -0.1) is 0 Å². The van der Waals surface area contributed by atoms with E-state index < -0.39 is 0 Å². The number of rotatable bonds is 7. The van der Waals surface area contributed by atoms with Crippen molar-refractivity contribution < 1.29 is 9.47 Å². The smallest absolute Gasteiger partial charge is 0.124 e. The number of hydrogen-bond donors (Lipinski definition) is 2. The first-order valence-electron chi connectivity index (χ1n) is 6.01. The summed E-state index contributed by atoms with van der Waals surface area (Å²) in [5, 5.41) is 0. The van der Waals surface area contributed by atoms with Crippen molar-refractivity contribution in [2.75, 3.05) is 19.8 Å². The van der Waals surface area contributed by atoms with Gasteiger partial charge >= 0.3 is 0 Å². The number of nitrogens with two attached hydrogens (primary N) is 2. The quantitative estimate of drug-likeness (QED) is 0.756. The molecule has 96 valence electrons. The van der Waals surface area contributed by atoms with Crippen LogP contribution in [-0.4, -0.2) is 19.8 Å². The molecule has 0 aromatic heterocycles. The summed E-state index contributed by atoms with van der Waals surface area (Å²) in [5.74, 6) is 0.811. The molecule has 4 heteroatoms. The minimum absolute atomic E-state index is 0.196. The lowest BCUT2D eigenvalue weighted by molar-refractivity contribution is 0.134. The van der Waals surface area contributed by atoms with Crippen molar-refractivity contribution >= 4 is 0 Å². The minimum Gasteiger partial charge on any atom is -0.494 e. The Kier molecular flexibility index (Phi) is 5.97. The summed E-state index contributed by atoms with van der Waals surface area (Å²) in [5.41, 5.74) is 13.6. The van der Waals surface area contributed by atoms with Crippen molar-refractivity contribution in [3.63, 3.8) is 0 Å². The summed E-state index contributed by atoms with van der Waals surface area (Å²) in [6, 6.07) is 5.74. The van der Waals surface area contributed by atoms with E-state index in [4.69, 9.17) is 20.9 Å². The second kappa shape index (κ2) is 7.27. The molecule has 0 spiro atoms. The van der Waals surface area contributed by atoms with E-state index in [1.807, 2.05) is 32.0 Å². The Balaban J connectivity index is 2.92. The van der Waals surface area contributed by atoms with Gasteiger partial charge in [-0.3, -0.25) is 0 Å². The zero-order valence-electron chi connectivity index (χ0n) is 10.6. The van der Waals surface area contributed by atoms with Crippen molar-refractivity contribution in [1.29, 1.82) is 0 Å². The highest BCUT2D eigenvalue weighted by Gasteiger charge is 2.11. The van der Waals surface area contributed by atoms with Crippen LogP contribution in [0.4, 0.5) is 0 Å². The summed E-state index contributed by atoms with van der Waals surface area (Å²) in [6.45, 7) is 6.24.